The normalized spacial score (nSPS) is 9.92. The van der Waals surface area contributed by atoms with E-state index in [1.165, 1.54) is 14.0 Å². The molecular formula is C18H17NO5. The number of para-hydroxylation sites is 1. The van der Waals surface area contributed by atoms with Crippen LogP contribution in [-0.2, 0) is 9.53 Å². The monoisotopic (exact) mass is 327 g/mol. The van der Waals surface area contributed by atoms with Crippen LogP contribution in [0.1, 0.15) is 27.6 Å². The van der Waals surface area contributed by atoms with E-state index in [1.54, 1.807) is 48.5 Å². The predicted octanol–water partition coefficient (Wildman–Crippen LogP) is 2.69. The number of Topliss-reactive ketones (excluding diaryl/α,β-unsaturated/α-hetero) is 1. The molecule has 2 aromatic rings. The van der Waals surface area contributed by atoms with Gasteiger partial charge in [0.2, 0.25) is 0 Å². The Balaban J connectivity index is 1.96. The Morgan fingerprint density at radius 1 is 1.00 bits per heavy atom. The summed E-state index contributed by atoms with van der Waals surface area (Å²) in [4.78, 5) is 34.8. The highest BCUT2D eigenvalue weighted by molar-refractivity contribution is 5.96. The van der Waals surface area contributed by atoms with E-state index in [0.29, 0.717) is 11.3 Å². The Morgan fingerprint density at radius 3 is 2.29 bits per heavy atom. The largest absolute Gasteiger partial charge is 0.483 e. The number of benzene rings is 2. The predicted molar refractivity (Wildman–Crippen MR) is 88.4 cm³/mol. The van der Waals surface area contributed by atoms with Gasteiger partial charge in [0.1, 0.15) is 11.3 Å². The summed E-state index contributed by atoms with van der Waals surface area (Å²) < 4.78 is 10.1. The molecule has 124 valence electrons. The zero-order valence-electron chi connectivity index (χ0n) is 13.4. The van der Waals surface area contributed by atoms with Gasteiger partial charge in [-0.05, 0) is 43.3 Å². The highest BCUT2D eigenvalue weighted by Crippen LogP contribution is 2.19. The van der Waals surface area contributed by atoms with E-state index in [-0.39, 0.29) is 29.6 Å². The molecule has 0 aromatic heterocycles. The molecule has 6 nitrogen and oxygen atoms in total. The molecule has 0 spiro atoms. The Hall–Kier alpha value is -3.15. The first kappa shape index (κ1) is 17.2. The third-order valence-corrected chi connectivity index (χ3v) is 3.23. The smallest absolute Gasteiger partial charge is 0.341 e. The van der Waals surface area contributed by atoms with Gasteiger partial charge in [0.15, 0.2) is 12.4 Å². The lowest BCUT2D eigenvalue weighted by atomic mass is 10.1. The molecule has 0 atom stereocenters. The zero-order chi connectivity index (χ0) is 17.5. The number of nitrogens with one attached hydrogen (secondary N) is 1. The fourth-order valence-electron chi connectivity index (χ4n) is 2.00. The van der Waals surface area contributed by atoms with Crippen LogP contribution >= 0.6 is 0 Å². The van der Waals surface area contributed by atoms with Crippen molar-refractivity contribution in [2.75, 3.05) is 19.0 Å². The molecule has 24 heavy (non-hydrogen) atoms. The van der Waals surface area contributed by atoms with Crippen LogP contribution in [0.2, 0.25) is 0 Å². The van der Waals surface area contributed by atoms with Crippen molar-refractivity contribution in [1.29, 1.82) is 0 Å². The molecule has 6 heteroatoms. The number of methoxy groups -OCH3 is 1. The highest BCUT2D eigenvalue weighted by Gasteiger charge is 2.13. The first-order valence-corrected chi connectivity index (χ1v) is 7.22. The van der Waals surface area contributed by atoms with E-state index >= 15 is 0 Å². The number of carbonyl (C=O) groups is 3. The first-order valence-electron chi connectivity index (χ1n) is 7.22. The minimum absolute atomic E-state index is 0.0457. The molecule has 0 bridgehead atoms. The summed E-state index contributed by atoms with van der Waals surface area (Å²) in [6, 6.07) is 13.0. The third kappa shape index (κ3) is 4.42. The van der Waals surface area contributed by atoms with Crippen LogP contribution in [0.5, 0.6) is 5.75 Å². The van der Waals surface area contributed by atoms with Gasteiger partial charge >= 0.3 is 5.97 Å². The lowest BCUT2D eigenvalue weighted by Gasteiger charge is -2.10. The molecule has 0 unspecified atom stereocenters. The van der Waals surface area contributed by atoms with Crippen LogP contribution in [0.4, 0.5) is 5.69 Å². The van der Waals surface area contributed by atoms with Crippen molar-refractivity contribution in [3.63, 3.8) is 0 Å². The first-order chi connectivity index (χ1) is 11.5. The van der Waals surface area contributed by atoms with Crippen molar-refractivity contribution in [2.45, 2.75) is 6.92 Å². The van der Waals surface area contributed by atoms with E-state index in [4.69, 9.17) is 4.74 Å². The molecule has 0 aliphatic rings. The van der Waals surface area contributed by atoms with Crippen molar-refractivity contribution in [1.82, 2.24) is 0 Å². The second kappa shape index (κ2) is 7.92. The van der Waals surface area contributed by atoms with Gasteiger partial charge in [-0.2, -0.15) is 0 Å². The van der Waals surface area contributed by atoms with Gasteiger partial charge in [0.25, 0.3) is 5.91 Å². The molecule has 2 rings (SSSR count). The van der Waals surface area contributed by atoms with Gasteiger partial charge < -0.3 is 14.8 Å². The molecule has 0 aliphatic heterocycles. The topological polar surface area (TPSA) is 81.7 Å². The van der Waals surface area contributed by atoms with Crippen molar-refractivity contribution < 1.29 is 23.9 Å². The average molecular weight is 327 g/mol. The quantitative estimate of drug-likeness (QED) is 0.651. The number of ether oxygens (including phenoxy) is 2. The maximum atomic E-state index is 11.9. The van der Waals surface area contributed by atoms with Crippen molar-refractivity contribution in [3.8, 4) is 5.75 Å². The van der Waals surface area contributed by atoms with Gasteiger partial charge in [-0.25, -0.2) is 4.79 Å². The lowest BCUT2D eigenvalue weighted by molar-refractivity contribution is -0.118. The Morgan fingerprint density at radius 2 is 1.67 bits per heavy atom. The number of ketones is 1. The van der Waals surface area contributed by atoms with E-state index in [1.807, 2.05) is 0 Å². The summed E-state index contributed by atoms with van der Waals surface area (Å²) >= 11 is 0. The van der Waals surface area contributed by atoms with Crippen LogP contribution in [0.15, 0.2) is 48.5 Å². The number of esters is 1. The van der Waals surface area contributed by atoms with Crippen LogP contribution < -0.4 is 10.1 Å². The van der Waals surface area contributed by atoms with Gasteiger partial charge in [-0.3, -0.25) is 9.59 Å². The molecule has 0 radical (unpaired) electrons. The average Bonchev–Trinajstić information content (AvgIpc) is 2.60. The summed E-state index contributed by atoms with van der Waals surface area (Å²) in [6.45, 7) is 1.21. The minimum atomic E-state index is -0.536. The van der Waals surface area contributed by atoms with Gasteiger partial charge in [-0.1, -0.05) is 12.1 Å². The number of rotatable bonds is 6. The summed E-state index contributed by atoms with van der Waals surface area (Å²) in [6.07, 6.45) is 0. The molecule has 0 aliphatic carbocycles. The van der Waals surface area contributed by atoms with Gasteiger partial charge in [0, 0.05) is 11.3 Å². The van der Waals surface area contributed by atoms with Crippen molar-refractivity contribution in [2.24, 2.45) is 0 Å². The van der Waals surface area contributed by atoms with Crippen molar-refractivity contribution >= 4 is 23.3 Å². The molecule has 0 saturated carbocycles. The number of hydrogen-bond acceptors (Lipinski definition) is 5. The summed E-state index contributed by atoms with van der Waals surface area (Å²) in [5.74, 6) is -0.696. The third-order valence-electron chi connectivity index (χ3n) is 3.23. The summed E-state index contributed by atoms with van der Waals surface area (Å²) in [5, 5.41) is 2.65. The Labute approximate surface area is 139 Å². The number of hydrogen-bond donors (Lipinski definition) is 1. The van der Waals surface area contributed by atoms with E-state index < -0.39 is 5.97 Å². The van der Waals surface area contributed by atoms with Gasteiger partial charge in [-0.15, -0.1) is 0 Å². The van der Waals surface area contributed by atoms with Crippen LogP contribution in [0.3, 0.4) is 0 Å². The number of anilines is 1. The van der Waals surface area contributed by atoms with E-state index in [0.717, 1.165) is 0 Å². The molecule has 1 N–H and O–H groups in total. The molecule has 0 fully saturated rings. The minimum Gasteiger partial charge on any atom is -0.483 e. The maximum absolute atomic E-state index is 11.9. The zero-order valence-corrected chi connectivity index (χ0v) is 13.4. The highest BCUT2D eigenvalue weighted by atomic mass is 16.5. The second-order valence-electron chi connectivity index (χ2n) is 4.96. The maximum Gasteiger partial charge on any atom is 0.341 e. The fourth-order valence-corrected chi connectivity index (χ4v) is 2.00. The van der Waals surface area contributed by atoms with Crippen LogP contribution in [-0.4, -0.2) is 31.4 Å². The van der Waals surface area contributed by atoms with Crippen molar-refractivity contribution in [3.05, 3.63) is 59.7 Å². The number of amides is 1. The fraction of sp³-hybridized carbons (Fsp3) is 0.167. The second-order valence-corrected chi connectivity index (χ2v) is 4.96. The molecule has 0 heterocycles. The summed E-state index contributed by atoms with van der Waals surface area (Å²) in [5.41, 5.74) is 1.37. The lowest BCUT2D eigenvalue weighted by Crippen LogP contribution is -2.21. The SMILES string of the molecule is COC(=O)c1ccccc1OCC(=O)Nc1ccc(C(C)=O)cc1. The summed E-state index contributed by atoms with van der Waals surface area (Å²) in [7, 11) is 1.27. The number of carbonyl (C=O) groups excluding carboxylic acids is 3. The molecule has 0 saturated heterocycles. The standard InChI is InChI=1S/C18H17NO5/c1-12(20)13-7-9-14(10-8-13)19-17(21)11-24-16-6-4-3-5-15(16)18(22)23-2/h3-10H,11H2,1-2H3,(H,19,21). The van der Waals surface area contributed by atoms with E-state index in [2.05, 4.69) is 10.1 Å². The molecule has 2 aromatic carbocycles. The van der Waals surface area contributed by atoms with E-state index in [9.17, 15) is 14.4 Å². The van der Waals surface area contributed by atoms with Crippen LogP contribution in [0.25, 0.3) is 0 Å². The van der Waals surface area contributed by atoms with Gasteiger partial charge in [0.05, 0.1) is 7.11 Å². The molecular weight excluding hydrogens is 310 g/mol. The Kier molecular flexibility index (Phi) is 5.68. The molecule has 1 amide bonds. The van der Waals surface area contributed by atoms with Crippen LogP contribution in [0, 0.1) is 0 Å². The Bertz CT molecular complexity index is 752.